The van der Waals surface area contributed by atoms with Crippen molar-refractivity contribution in [1.29, 1.82) is 0 Å². The summed E-state index contributed by atoms with van der Waals surface area (Å²) in [5.74, 6) is -0.943. The standard InChI is InChI=1S/C24H20N2O6/c1-14(27)25-16-9-7-15(8-10-16)24(29)31-13-23(28)26-19-12-21-18(11-22(19)30-2)17-5-3-4-6-20(17)32-21/h3-12H,13H2,1-2H3,(H,25,27)(H,26,28). The lowest BCUT2D eigenvalue weighted by atomic mass is 10.1. The first kappa shape index (κ1) is 20.9. The number of nitrogens with one attached hydrogen (secondary N) is 2. The van der Waals surface area contributed by atoms with Crippen molar-refractivity contribution in [3.8, 4) is 5.75 Å². The molecule has 0 saturated heterocycles. The van der Waals surface area contributed by atoms with Crippen LogP contribution in [-0.2, 0) is 14.3 Å². The molecular weight excluding hydrogens is 412 g/mol. The van der Waals surface area contributed by atoms with Gasteiger partial charge in [-0.2, -0.15) is 0 Å². The minimum absolute atomic E-state index is 0.215. The largest absolute Gasteiger partial charge is 0.495 e. The summed E-state index contributed by atoms with van der Waals surface area (Å²) in [4.78, 5) is 35.6. The van der Waals surface area contributed by atoms with Crippen molar-refractivity contribution in [1.82, 2.24) is 0 Å². The number of furan rings is 1. The van der Waals surface area contributed by atoms with Gasteiger partial charge in [0.1, 0.15) is 16.9 Å². The Kier molecular flexibility index (Phi) is 5.76. The molecule has 1 aromatic heterocycles. The molecule has 0 aliphatic heterocycles. The Balaban J connectivity index is 1.43. The molecule has 0 aliphatic carbocycles. The fourth-order valence-electron chi connectivity index (χ4n) is 3.31. The number of amides is 2. The fraction of sp³-hybridized carbons (Fsp3) is 0.125. The van der Waals surface area contributed by atoms with E-state index in [1.54, 1.807) is 24.3 Å². The summed E-state index contributed by atoms with van der Waals surface area (Å²) in [6, 6.07) is 17.2. The van der Waals surface area contributed by atoms with Crippen LogP contribution in [0, 0.1) is 0 Å². The number of ether oxygens (including phenoxy) is 2. The average molecular weight is 432 g/mol. The van der Waals surface area contributed by atoms with Crippen molar-refractivity contribution < 1.29 is 28.3 Å². The van der Waals surface area contributed by atoms with Gasteiger partial charge in [-0.3, -0.25) is 9.59 Å². The average Bonchev–Trinajstić information content (AvgIpc) is 3.14. The normalized spacial score (nSPS) is 10.7. The molecule has 0 spiro atoms. The number of carbonyl (C=O) groups is 3. The molecule has 2 amide bonds. The summed E-state index contributed by atoms with van der Waals surface area (Å²) in [5, 5.41) is 7.10. The predicted molar refractivity (Wildman–Crippen MR) is 120 cm³/mol. The third-order valence-electron chi connectivity index (χ3n) is 4.75. The molecule has 0 saturated carbocycles. The van der Waals surface area contributed by atoms with Crippen LogP contribution in [0.15, 0.2) is 65.1 Å². The predicted octanol–water partition coefficient (Wildman–Crippen LogP) is 4.35. The van der Waals surface area contributed by atoms with E-state index in [1.807, 2.05) is 24.3 Å². The molecule has 0 unspecified atom stereocenters. The number of benzene rings is 3. The number of anilines is 2. The lowest BCUT2D eigenvalue weighted by Crippen LogP contribution is -2.21. The highest BCUT2D eigenvalue weighted by Gasteiger charge is 2.16. The molecule has 0 radical (unpaired) electrons. The highest BCUT2D eigenvalue weighted by Crippen LogP contribution is 2.36. The molecule has 8 nitrogen and oxygen atoms in total. The van der Waals surface area contributed by atoms with Gasteiger partial charge in [-0.25, -0.2) is 4.79 Å². The molecule has 0 bridgehead atoms. The van der Waals surface area contributed by atoms with Crippen molar-refractivity contribution in [3.63, 3.8) is 0 Å². The van der Waals surface area contributed by atoms with Gasteiger partial charge in [0.05, 0.1) is 18.4 Å². The van der Waals surface area contributed by atoms with Crippen molar-refractivity contribution in [2.75, 3.05) is 24.4 Å². The van der Waals surface area contributed by atoms with Gasteiger partial charge in [-0.05, 0) is 36.4 Å². The Labute approximate surface area is 183 Å². The molecular formula is C24H20N2O6. The number of carbonyl (C=O) groups excluding carboxylic acids is 3. The molecule has 32 heavy (non-hydrogen) atoms. The monoisotopic (exact) mass is 432 g/mol. The minimum atomic E-state index is -0.658. The second kappa shape index (κ2) is 8.81. The Morgan fingerprint density at radius 1 is 0.906 bits per heavy atom. The van der Waals surface area contributed by atoms with Crippen molar-refractivity contribution in [2.45, 2.75) is 6.92 Å². The van der Waals surface area contributed by atoms with Gasteiger partial charge in [-0.15, -0.1) is 0 Å². The SMILES string of the molecule is COc1cc2c(cc1NC(=O)COC(=O)c1ccc(NC(C)=O)cc1)oc1ccccc12. The van der Waals surface area contributed by atoms with E-state index in [2.05, 4.69) is 10.6 Å². The molecule has 4 rings (SSSR count). The topological polar surface area (TPSA) is 107 Å². The highest BCUT2D eigenvalue weighted by atomic mass is 16.5. The minimum Gasteiger partial charge on any atom is -0.495 e. The zero-order valence-electron chi connectivity index (χ0n) is 17.4. The van der Waals surface area contributed by atoms with Crippen LogP contribution >= 0.6 is 0 Å². The molecule has 0 fully saturated rings. The Morgan fingerprint density at radius 2 is 1.66 bits per heavy atom. The fourth-order valence-corrected chi connectivity index (χ4v) is 3.31. The number of esters is 1. The van der Waals surface area contributed by atoms with E-state index < -0.39 is 18.5 Å². The highest BCUT2D eigenvalue weighted by molar-refractivity contribution is 6.08. The Bertz CT molecular complexity index is 1320. The molecule has 162 valence electrons. The van der Waals surface area contributed by atoms with E-state index in [9.17, 15) is 14.4 Å². The smallest absolute Gasteiger partial charge is 0.338 e. The maximum atomic E-state index is 12.4. The van der Waals surface area contributed by atoms with Crippen LogP contribution in [0.25, 0.3) is 21.9 Å². The van der Waals surface area contributed by atoms with Crippen LogP contribution in [0.3, 0.4) is 0 Å². The van der Waals surface area contributed by atoms with Gasteiger partial charge in [0.2, 0.25) is 5.91 Å². The second-order valence-corrected chi connectivity index (χ2v) is 7.03. The maximum Gasteiger partial charge on any atom is 0.338 e. The number of hydrogen-bond donors (Lipinski definition) is 2. The summed E-state index contributed by atoms with van der Waals surface area (Å²) < 4.78 is 16.3. The molecule has 4 aromatic rings. The van der Waals surface area contributed by atoms with E-state index in [1.165, 1.54) is 26.2 Å². The molecule has 2 N–H and O–H groups in total. The maximum absolute atomic E-state index is 12.4. The lowest BCUT2D eigenvalue weighted by Gasteiger charge is -2.11. The van der Waals surface area contributed by atoms with Gasteiger partial charge in [0, 0.05) is 29.4 Å². The summed E-state index contributed by atoms with van der Waals surface area (Å²) in [6.45, 7) is 0.912. The van der Waals surface area contributed by atoms with Crippen LogP contribution in [-0.4, -0.2) is 31.5 Å². The first-order valence-corrected chi connectivity index (χ1v) is 9.78. The van der Waals surface area contributed by atoms with E-state index in [0.717, 1.165) is 16.4 Å². The zero-order valence-corrected chi connectivity index (χ0v) is 17.4. The van der Waals surface area contributed by atoms with Gasteiger partial charge in [0.25, 0.3) is 5.91 Å². The van der Waals surface area contributed by atoms with E-state index in [0.29, 0.717) is 22.7 Å². The van der Waals surface area contributed by atoms with E-state index >= 15 is 0 Å². The van der Waals surface area contributed by atoms with Crippen LogP contribution in [0.2, 0.25) is 0 Å². The van der Waals surface area contributed by atoms with Crippen molar-refractivity contribution >= 4 is 51.1 Å². The molecule has 0 atom stereocenters. The molecule has 1 heterocycles. The Hall–Kier alpha value is -4.33. The molecule has 3 aromatic carbocycles. The van der Waals surface area contributed by atoms with Crippen LogP contribution in [0.5, 0.6) is 5.75 Å². The number of rotatable bonds is 6. The second-order valence-electron chi connectivity index (χ2n) is 7.03. The Morgan fingerprint density at radius 3 is 2.38 bits per heavy atom. The summed E-state index contributed by atoms with van der Waals surface area (Å²) in [5.41, 5.74) is 2.54. The summed E-state index contributed by atoms with van der Waals surface area (Å²) in [6.07, 6.45) is 0. The van der Waals surface area contributed by atoms with E-state index in [4.69, 9.17) is 13.9 Å². The molecule has 8 heteroatoms. The number of fused-ring (bicyclic) bond motifs is 3. The van der Waals surface area contributed by atoms with Gasteiger partial charge in [-0.1, -0.05) is 18.2 Å². The summed E-state index contributed by atoms with van der Waals surface area (Å²) in [7, 11) is 1.50. The third kappa shape index (κ3) is 4.39. The van der Waals surface area contributed by atoms with Gasteiger partial charge >= 0.3 is 5.97 Å². The summed E-state index contributed by atoms with van der Waals surface area (Å²) >= 11 is 0. The number of methoxy groups -OCH3 is 1. The van der Waals surface area contributed by atoms with E-state index in [-0.39, 0.29) is 11.5 Å². The van der Waals surface area contributed by atoms with Crippen molar-refractivity contribution in [2.24, 2.45) is 0 Å². The number of hydrogen-bond acceptors (Lipinski definition) is 6. The van der Waals surface area contributed by atoms with Gasteiger partial charge < -0.3 is 24.5 Å². The van der Waals surface area contributed by atoms with Crippen LogP contribution in [0.4, 0.5) is 11.4 Å². The van der Waals surface area contributed by atoms with Crippen LogP contribution < -0.4 is 15.4 Å². The third-order valence-corrected chi connectivity index (χ3v) is 4.75. The first-order valence-electron chi connectivity index (χ1n) is 9.78. The first-order chi connectivity index (χ1) is 15.4. The van der Waals surface area contributed by atoms with Crippen LogP contribution in [0.1, 0.15) is 17.3 Å². The zero-order chi connectivity index (χ0) is 22.7. The number of para-hydroxylation sites is 1. The van der Waals surface area contributed by atoms with Gasteiger partial charge in [0.15, 0.2) is 6.61 Å². The quantitative estimate of drug-likeness (QED) is 0.439. The lowest BCUT2D eigenvalue weighted by molar-refractivity contribution is -0.119. The molecule has 0 aliphatic rings. The van der Waals surface area contributed by atoms with Crippen molar-refractivity contribution in [3.05, 3.63) is 66.2 Å².